The molecule has 0 aliphatic heterocycles. The summed E-state index contributed by atoms with van der Waals surface area (Å²) in [6.07, 6.45) is 4.34. The van der Waals surface area contributed by atoms with E-state index >= 15 is 0 Å². The van der Waals surface area contributed by atoms with Gasteiger partial charge in [0.2, 0.25) is 0 Å². The number of alkyl halides is 1. The minimum absolute atomic E-state index is 0.0828. The summed E-state index contributed by atoms with van der Waals surface area (Å²) in [7, 11) is 1.84. The molecule has 1 aliphatic carbocycles. The molecule has 1 fully saturated rings. The van der Waals surface area contributed by atoms with Gasteiger partial charge in [-0.25, -0.2) is 13.8 Å². The number of nitrogens with zero attached hydrogens (tertiary/aromatic N) is 3. The molecule has 28 heavy (non-hydrogen) atoms. The van der Waals surface area contributed by atoms with Gasteiger partial charge >= 0.3 is 0 Å². The van der Waals surface area contributed by atoms with Gasteiger partial charge in [-0.15, -0.1) is 0 Å². The molecule has 148 valence electrons. The third-order valence-corrected chi connectivity index (χ3v) is 5.80. The number of amides is 1. The normalized spacial score (nSPS) is 22.5. The number of aromatic amines is 1. The van der Waals surface area contributed by atoms with E-state index in [1.54, 1.807) is 12.3 Å². The smallest absolute Gasteiger partial charge is 0.270 e. The number of nitrogens with one attached hydrogen (secondary N) is 2. The highest BCUT2D eigenvalue weighted by Gasteiger charge is 2.38. The minimum atomic E-state index is -1.45. The molecular weight excluding hydrogens is 364 g/mol. The highest BCUT2D eigenvalue weighted by molar-refractivity contribution is 6.05. The number of aromatic nitrogens is 4. The van der Waals surface area contributed by atoms with Crippen LogP contribution in [0.25, 0.3) is 22.2 Å². The first kappa shape index (κ1) is 18.6. The van der Waals surface area contributed by atoms with E-state index in [-0.39, 0.29) is 11.2 Å². The molecule has 1 saturated carbocycles. The molecule has 1 aromatic carbocycles. The molecular formula is C20H23F2N5O. The first-order valence-corrected chi connectivity index (χ1v) is 9.44. The maximum atomic E-state index is 14.7. The number of H-pyrrole nitrogens is 1. The molecule has 2 N–H and O–H groups in total. The molecule has 8 heteroatoms. The van der Waals surface area contributed by atoms with Crippen molar-refractivity contribution >= 4 is 16.8 Å². The second kappa shape index (κ2) is 6.68. The van der Waals surface area contributed by atoms with Crippen molar-refractivity contribution < 1.29 is 13.6 Å². The molecule has 2 heterocycles. The minimum Gasteiger partial charge on any atom is -0.345 e. The molecule has 2 atom stereocenters. The lowest BCUT2D eigenvalue weighted by molar-refractivity contribution is 0.0655. The highest BCUT2D eigenvalue weighted by atomic mass is 19.1. The number of hydrogen-bond acceptors (Lipinski definition) is 3. The predicted molar refractivity (Wildman–Crippen MR) is 102 cm³/mol. The zero-order valence-electron chi connectivity index (χ0n) is 16.1. The molecule has 0 spiro atoms. The van der Waals surface area contributed by atoms with E-state index in [0.29, 0.717) is 23.8 Å². The summed E-state index contributed by atoms with van der Waals surface area (Å²) in [5, 5.41) is 9.71. The predicted octanol–water partition coefficient (Wildman–Crippen LogP) is 3.81. The summed E-state index contributed by atoms with van der Waals surface area (Å²) < 4.78 is 31.2. The molecule has 4 rings (SSSR count). The number of halogens is 2. The fourth-order valence-corrected chi connectivity index (χ4v) is 3.91. The van der Waals surface area contributed by atoms with Crippen LogP contribution < -0.4 is 5.32 Å². The van der Waals surface area contributed by atoms with Gasteiger partial charge < -0.3 is 9.88 Å². The van der Waals surface area contributed by atoms with Gasteiger partial charge in [0.15, 0.2) is 5.82 Å². The zero-order chi connectivity index (χ0) is 20.1. The molecule has 2 aromatic heterocycles. The van der Waals surface area contributed by atoms with Crippen molar-refractivity contribution in [3.63, 3.8) is 0 Å². The van der Waals surface area contributed by atoms with Gasteiger partial charge in [0.25, 0.3) is 5.91 Å². The molecule has 1 amide bonds. The number of carbonyl (C=O) groups is 1. The van der Waals surface area contributed by atoms with Crippen molar-refractivity contribution in [3.8, 4) is 11.3 Å². The van der Waals surface area contributed by atoms with Gasteiger partial charge in [-0.1, -0.05) is 12.8 Å². The van der Waals surface area contributed by atoms with Gasteiger partial charge in [0.1, 0.15) is 22.7 Å². The molecule has 1 unspecified atom stereocenters. The van der Waals surface area contributed by atoms with Crippen LogP contribution in [0.3, 0.4) is 0 Å². The van der Waals surface area contributed by atoms with Gasteiger partial charge in [0.05, 0.1) is 17.9 Å². The number of benzene rings is 1. The summed E-state index contributed by atoms with van der Waals surface area (Å²) >= 11 is 0. The lowest BCUT2D eigenvalue weighted by atomic mass is 9.83. The van der Waals surface area contributed by atoms with E-state index in [1.807, 2.05) is 18.5 Å². The van der Waals surface area contributed by atoms with Gasteiger partial charge in [-0.05, 0) is 38.8 Å². The van der Waals surface area contributed by atoms with E-state index in [2.05, 4.69) is 20.5 Å². The number of carbonyl (C=O) groups excluding carboxylic acids is 1. The first-order valence-electron chi connectivity index (χ1n) is 9.44. The Labute approximate surface area is 161 Å². The zero-order valence-corrected chi connectivity index (χ0v) is 16.1. The number of rotatable bonds is 3. The van der Waals surface area contributed by atoms with Gasteiger partial charge in [0, 0.05) is 18.0 Å². The summed E-state index contributed by atoms with van der Waals surface area (Å²) in [4.78, 5) is 17.1. The lowest BCUT2D eigenvalue weighted by Crippen LogP contribution is -2.50. The van der Waals surface area contributed by atoms with E-state index in [4.69, 9.17) is 0 Å². The Balaban J connectivity index is 1.71. The summed E-state index contributed by atoms with van der Waals surface area (Å²) in [6, 6.07) is 2.52. The Kier molecular flexibility index (Phi) is 4.44. The average Bonchev–Trinajstić information content (AvgIpc) is 3.21. The SMILES string of the molecule is Cc1ncc(-c2cc(F)c3n[nH]c(C(=O)N[C@H]4CCCCC4(C)F)c3c2)n1C. The van der Waals surface area contributed by atoms with Crippen molar-refractivity contribution in [2.45, 2.75) is 51.2 Å². The van der Waals surface area contributed by atoms with E-state index < -0.39 is 23.4 Å². The molecule has 0 bridgehead atoms. The van der Waals surface area contributed by atoms with Crippen molar-refractivity contribution in [2.24, 2.45) is 7.05 Å². The largest absolute Gasteiger partial charge is 0.345 e. The van der Waals surface area contributed by atoms with Crippen molar-refractivity contribution in [3.05, 3.63) is 35.7 Å². The van der Waals surface area contributed by atoms with Crippen LogP contribution in [-0.4, -0.2) is 37.4 Å². The van der Waals surface area contributed by atoms with Crippen LogP contribution in [0.15, 0.2) is 18.3 Å². The Bertz CT molecular complexity index is 1050. The number of aryl methyl sites for hydroxylation is 1. The number of fused-ring (bicyclic) bond motifs is 1. The maximum absolute atomic E-state index is 14.7. The molecule has 0 radical (unpaired) electrons. The van der Waals surface area contributed by atoms with Crippen LogP contribution in [0.4, 0.5) is 8.78 Å². The van der Waals surface area contributed by atoms with Gasteiger partial charge in [-0.3, -0.25) is 9.89 Å². The van der Waals surface area contributed by atoms with Crippen molar-refractivity contribution in [1.82, 2.24) is 25.1 Å². The fraction of sp³-hybridized carbons (Fsp3) is 0.450. The number of imidazole rings is 1. The Hall–Kier alpha value is -2.77. The van der Waals surface area contributed by atoms with E-state index in [0.717, 1.165) is 24.4 Å². The van der Waals surface area contributed by atoms with Crippen LogP contribution in [0, 0.1) is 12.7 Å². The Morgan fingerprint density at radius 3 is 2.86 bits per heavy atom. The topological polar surface area (TPSA) is 75.6 Å². The summed E-state index contributed by atoms with van der Waals surface area (Å²) in [6.45, 7) is 3.37. The van der Waals surface area contributed by atoms with Gasteiger partial charge in [-0.2, -0.15) is 5.10 Å². The van der Waals surface area contributed by atoms with Crippen LogP contribution in [0.5, 0.6) is 0 Å². The van der Waals surface area contributed by atoms with E-state index in [1.165, 1.54) is 13.0 Å². The summed E-state index contributed by atoms with van der Waals surface area (Å²) in [5.41, 5.74) is 0.0910. The molecule has 1 aliphatic rings. The van der Waals surface area contributed by atoms with Crippen LogP contribution in [0.2, 0.25) is 0 Å². The summed E-state index contributed by atoms with van der Waals surface area (Å²) in [5.74, 6) is -0.217. The Morgan fingerprint density at radius 1 is 1.39 bits per heavy atom. The van der Waals surface area contributed by atoms with Crippen molar-refractivity contribution in [1.29, 1.82) is 0 Å². The lowest BCUT2D eigenvalue weighted by Gasteiger charge is -2.35. The van der Waals surface area contributed by atoms with Crippen LogP contribution >= 0.6 is 0 Å². The van der Waals surface area contributed by atoms with E-state index in [9.17, 15) is 13.6 Å². The molecule has 0 saturated heterocycles. The third-order valence-electron chi connectivity index (χ3n) is 5.80. The second-order valence-electron chi connectivity index (χ2n) is 7.75. The highest BCUT2D eigenvalue weighted by Crippen LogP contribution is 2.32. The molecule has 6 nitrogen and oxygen atoms in total. The van der Waals surface area contributed by atoms with Crippen LogP contribution in [0.1, 0.15) is 48.9 Å². The molecule has 3 aromatic rings. The average molecular weight is 387 g/mol. The third kappa shape index (κ3) is 3.06. The number of hydrogen-bond donors (Lipinski definition) is 2. The van der Waals surface area contributed by atoms with Crippen molar-refractivity contribution in [2.75, 3.05) is 0 Å². The monoisotopic (exact) mass is 387 g/mol. The maximum Gasteiger partial charge on any atom is 0.270 e. The standard InChI is InChI=1S/C20H23F2N5O/c1-11-23-10-15(27(11)3)12-8-13-17(14(21)9-12)25-26-18(13)19(28)24-16-6-4-5-7-20(16,2)22/h8-10,16H,4-7H2,1-3H3,(H,24,28)(H,25,26)/t16-,20?/m0/s1. The Morgan fingerprint density at radius 2 is 2.18 bits per heavy atom. The first-order chi connectivity index (χ1) is 13.3. The van der Waals surface area contributed by atoms with Crippen LogP contribution in [-0.2, 0) is 7.05 Å². The second-order valence-corrected chi connectivity index (χ2v) is 7.75. The fourth-order valence-electron chi connectivity index (χ4n) is 3.91. The quantitative estimate of drug-likeness (QED) is 0.718.